The van der Waals surface area contributed by atoms with Crippen molar-refractivity contribution >= 4 is 29.0 Å². The zero-order valence-corrected chi connectivity index (χ0v) is 13.8. The molecule has 0 spiro atoms. The standard InChI is InChI=1S/C17H22N2O2S/c1-2-9-19-16(20)15(22-17(19)21)11-13-8-10-18(12-13)14-6-4-3-5-7-14/h8,10-12,14H,2-7,9H2,1H3/b15-11+. The summed E-state index contributed by atoms with van der Waals surface area (Å²) in [7, 11) is 0. The van der Waals surface area contributed by atoms with Gasteiger partial charge in [-0.2, -0.15) is 0 Å². The van der Waals surface area contributed by atoms with Gasteiger partial charge in [-0.05, 0) is 48.7 Å². The normalized spacial score (nSPS) is 22.0. The van der Waals surface area contributed by atoms with E-state index in [1.54, 1.807) is 0 Å². The van der Waals surface area contributed by atoms with E-state index in [2.05, 4.69) is 17.0 Å². The van der Waals surface area contributed by atoms with E-state index < -0.39 is 0 Å². The monoisotopic (exact) mass is 318 g/mol. The summed E-state index contributed by atoms with van der Waals surface area (Å²) in [5, 5.41) is -0.148. The molecule has 2 fully saturated rings. The average Bonchev–Trinajstić information content (AvgIpc) is 3.09. The fraction of sp³-hybridized carbons (Fsp3) is 0.529. The van der Waals surface area contributed by atoms with Crippen molar-refractivity contribution in [3.8, 4) is 0 Å². The van der Waals surface area contributed by atoms with Crippen LogP contribution in [0.25, 0.3) is 6.08 Å². The second kappa shape index (κ2) is 6.73. The number of carbonyl (C=O) groups is 2. The number of hydrogen-bond donors (Lipinski definition) is 0. The van der Waals surface area contributed by atoms with Gasteiger partial charge in [-0.15, -0.1) is 0 Å². The van der Waals surface area contributed by atoms with Crippen molar-refractivity contribution in [1.82, 2.24) is 9.47 Å². The van der Waals surface area contributed by atoms with Gasteiger partial charge >= 0.3 is 0 Å². The summed E-state index contributed by atoms with van der Waals surface area (Å²) in [5.41, 5.74) is 1.01. The highest BCUT2D eigenvalue weighted by Gasteiger charge is 2.34. The van der Waals surface area contributed by atoms with E-state index in [1.807, 2.05) is 19.1 Å². The van der Waals surface area contributed by atoms with Gasteiger partial charge in [0.1, 0.15) is 0 Å². The Balaban J connectivity index is 1.74. The Labute approximate surface area is 135 Å². The Morgan fingerprint density at radius 2 is 2.05 bits per heavy atom. The van der Waals surface area contributed by atoms with Crippen LogP contribution in [0.1, 0.15) is 57.1 Å². The Hall–Kier alpha value is -1.49. The van der Waals surface area contributed by atoms with Crippen molar-refractivity contribution in [3.05, 3.63) is 28.9 Å². The highest BCUT2D eigenvalue weighted by atomic mass is 32.2. The molecule has 1 aliphatic carbocycles. The maximum atomic E-state index is 12.2. The Bertz CT molecular complexity index is 600. The van der Waals surface area contributed by atoms with Crippen molar-refractivity contribution in [2.75, 3.05) is 6.54 Å². The van der Waals surface area contributed by atoms with Crippen LogP contribution in [0.15, 0.2) is 23.4 Å². The minimum absolute atomic E-state index is 0.148. The molecule has 5 heteroatoms. The molecule has 1 saturated heterocycles. The molecule has 2 aliphatic rings. The molecule has 0 radical (unpaired) electrons. The summed E-state index contributed by atoms with van der Waals surface area (Å²) in [5.74, 6) is -0.151. The van der Waals surface area contributed by atoms with Crippen LogP contribution in [-0.4, -0.2) is 27.2 Å². The molecular weight excluding hydrogens is 296 g/mol. The van der Waals surface area contributed by atoms with Crippen molar-refractivity contribution in [2.24, 2.45) is 0 Å². The molecule has 0 unspecified atom stereocenters. The molecule has 0 N–H and O–H groups in total. The number of carbonyl (C=O) groups excluding carboxylic acids is 2. The number of nitrogens with zero attached hydrogens (tertiary/aromatic N) is 2. The molecule has 4 nitrogen and oxygen atoms in total. The predicted octanol–water partition coefficient (Wildman–Crippen LogP) is 4.44. The van der Waals surface area contributed by atoms with Crippen LogP contribution in [0, 0.1) is 0 Å². The van der Waals surface area contributed by atoms with Gasteiger partial charge < -0.3 is 4.57 Å². The molecule has 1 aromatic heterocycles. The molecule has 0 atom stereocenters. The SMILES string of the molecule is CCCN1C(=O)S/C(=C/c2ccn(C3CCCCC3)c2)C1=O. The maximum absolute atomic E-state index is 12.2. The zero-order valence-electron chi connectivity index (χ0n) is 13.0. The van der Waals surface area contributed by atoms with Gasteiger partial charge in [-0.25, -0.2) is 0 Å². The molecule has 1 aliphatic heterocycles. The smallest absolute Gasteiger partial charge is 0.293 e. The van der Waals surface area contributed by atoms with Crippen LogP contribution in [-0.2, 0) is 4.79 Å². The summed E-state index contributed by atoms with van der Waals surface area (Å²) >= 11 is 1.05. The lowest BCUT2D eigenvalue weighted by atomic mass is 9.95. The largest absolute Gasteiger partial charge is 0.351 e. The van der Waals surface area contributed by atoms with Gasteiger partial charge in [-0.3, -0.25) is 14.5 Å². The second-order valence-electron chi connectivity index (χ2n) is 6.02. The summed E-state index contributed by atoms with van der Waals surface area (Å²) in [6, 6.07) is 2.62. The molecule has 0 aromatic carbocycles. The first-order chi connectivity index (χ1) is 10.7. The van der Waals surface area contributed by atoms with E-state index in [9.17, 15) is 9.59 Å². The Morgan fingerprint density at radius 3 is 2.77 bits per heavy atom. The third-order valence-electron chi connectivity index (χ3n) is 4.35. The number of thioether (sulfide) groups is 1. The van der Waals surface area contributed by atoms with Crippen molar-refractivity contribution < 1.29 is 9.59 Å². The van der Waals surface area contributed by atoms with Crippen LogP contribution in [0.2, 0.25) is 0 Å². The number of aromatic nitrogens is 1. The molecule has 2 heterocycles. The highest BCUT2D eigenvalue weighted by Crippen LogP contribution is 2.33. The number of hydrogen-bond acceptors (Lipinski definition) is 3. The quantitative estimate of drug-likeness (QED) is 0.771. The lowest BCUT2D eigenvalue weighted by Crippen LogP contribution is -2.28. The van der Waals surface area contributed by atoms with Crippen LogP contribution in [0.3, 0.4) is 0 Å². The van der Waals surface area contributed by atoms with Crippen LogP contribution >= 0.6 is 11.8 Å². The first-order valence-electron chi connectivity index (χ1n) is 8.12. The van der Waals surface area contributed by atoms with Gasteiger partial charge in [-0.1, -0.05) is 26.2 Å². The third kappa shape index (κ3) is 3.14. The zero-order chi connectivity index (χ0) is 15.5. The van der Waals surface area contributed by atoms with E-state index in [0.29, 0.717) is 17.5 Å². The predicted molar refractivity (Wildman–Crippen MR) is 89.5 cm³/mol. The lowest BCUT2D eigenvalue weighted by Gasteiger charge is -2.23. The Morgan fingerprint density at radius 1 is 1.27 bits per heavy atom. The molecule has 3 rings (SSSR count). The van der Waals surface area contributed by atoms with E-state index in [1.165, 1.54) is 37.0 Å². The second-order valence-corrected chi connectivity index (χ2v) is 7.01. The van der Waals surface area contributed by atoms with Crippen LogP contribution in [0.5, 0.6) is 0 Å². The summed E-state index contributed by atoms with van der Waals surface area (Å²) in [6.45, 7) is 2.47. The van der Waals surface area contributed by atoms with Crippen LogP contribution < -0.4 is 0 Å². The number of amides is 2. The minimum atomic E-state index is -0.151. The lowest BCUT2D eigenvalue weighted by molar-refractivity contribution is -0.122. The molecule has 2 amide bonds. The van der Waals surface area contributed by atoms with E-state index in [4.69, 9.17) is 0 Å². The molecular formula is C17H22N2O2S. The topological polar surface area (TPSA) is 42.3 Å². The third-order valence-corrected chi connectivity index (χ3v) is 5.26. The van der Waals surface area contributed by atoms with Gasteiger partial charge in [0.15, 0.2) is 0 Å². The first kappa shape index (κ1) is 15.4. The Kier molecular flexibility index (Phi) is 4.71. The van der Waals surface area contributed by atoms with Gasteiger partial charge in [0, 0.05) is 25.0 Å². The van der Waals surface area contributed by atoms with E-state index >= 15 is 0 Å². The van der Waals surface area contributed by atoms with Gasteiger partial charge in [0.25, 0.3) is 11.1 Å². The van der Waals surface area contributed by atoms with Crippen LogP contribution in [0.4, 0.5) is 4.79 Å². The summed E-state index contributed by atoms with van der Waals surface area (Å²) in [6.07, 6.45) is 13.3. The fourth-order valence-electron chi connectivity index (χ4n) is 3.19. The minimum Gasteiger partial charge on any atom is -0.351 e. The van der Waals surface area contributed by atoms with E-state index in [0.717, 1.165) is 23.7 Å². The van der Waals surface area contributed by atoms with E-state index in [-0.39, 0.29) is 11.1 Å². The number of rotatable bonds is 4. The van der Waals surface area contributed by atoms with Gasteiger partial charge in [0.2, 0.25) is 0 Å². The van der Waals surface area contributed by atoms with Crippen molar-refractivity contribution in [2.45, 2.75) is 51.5 Å². The molecule has 22 heavy (non-hydrogen) atoms. The van der Waals surface area contributed by atoms with Crippen molar-refractivity contribution in [3.63, 3.8) is 0 Å². The summed E-state index contributed by atoms with van der Waals surface area (Å²) in [4.78, 5) is 26.0. The average molecular weight is 318 g/mol. The summed E-state index contributed by atoms with van der Waals surface area (Å²) < 4.78 is 2.27. The molecule has 0 bridgehead atoms. The highest BCUT2D eigenvalue weighted by molar-refractivity contribution is 8.18. The first-order valence-corrected chi connectivity index (χ1v) is 8.93. The maximum Gasteiger partial charge on any atom is 0.293 e. The van der Waals surface area contributed by atoms with Crippen molar-refractivity contribution in [1.29, 1.82) is 0 Å². The number of imide groups is 1. The van der Waals surface area contributed by atoms with Gasteiger partial charge in [0.05, 0.1) is 4.91 Å². The molecule has 1 saturated carbocycles. The molecule has 1 aromatic rings. The molecule has 118 valence electrons. The fourth-order valence-corrected chi connectivity index (χ4v) is 4.05.